The summed E-state index contributed by atoms with van der Waals surface area (Å²) in [6.45, 7) is 4.07. The number of carbonyl (C=O) groups is 1. The summed E-state index contributed by atoms with van der Waals surface area (Å²) in [5.74, 6) is 0.410. The van der Waals surface area contributed by atoms with Gasteiger partial charge >= 0.3 is 0 Å². The quantitative estimate of drug-likeness (QED) is 0.790. The third-order valence-electron chi connectivity index (χ3n) is 3.42. The molecule has 0 radical (unpaired) electrons. The number of pyridine rings is 1. The van der Waals surface area contributed by atoms with Gasteiger partial charge in [0.05, 0.1) is 5.69 Å². The number of amides is 1. The van der Waals surface area contributed by atoms with Crippen molar-refractivity contribution in [3.63, 3.8) is 0 Å². The highest BCUT2D eigenvalue weighted by atomic mass is 16.1. The highest BCUT2D eigenvalue weighted by Gasteiger charge is 2.07. The van der Waals surface area contributed by atoms with Crippen LogP contribution in [-0.4, -0.2) is 15.3 Å². The van der Waals surface area contributed by atoms with Gasteiger partial charge in [-0.25, -0.2) is 4.98 Å². The fourth-order valence-corrected chi connectivity index (χ4v) is 2.38. The first-order chi connectivity index (χ1) is 10.6. The fourth-order valence-electron chi connectivity index (χ4n) is 2.38. The van der Waals surface area contributed by atoms with Gasteiger partial charge in [-0.3, -0.25) is 4.79 Å². The summed E-state index contributed by atoms with van der Waals surface area (Å²) in [7, 11) is 0. The second kappa shape index (κ2) is 6.02. The molecule has 0 aliphatic carbocycles. The molecule has 0 unspecified atom stereocenters. The molecule has 0 aliphatic rings. The van der Waals surface area contributed by atoms with Crippen molar-refractivity contribution >= 4 is 17.2 Å². The Bertz CT molecular complexity index is 754. The lowest BCUT2D eigenvalue weighted by atomic mass is 10.1. The number of benzene rings is 1. The maximum atomic E-state index is 11.8. The Labute approximate surface area is 129 Å². The molecule has 0 bridgehead atoms. The molecule has 0 fully saturated rings. The first kappa shape index (κ1) is 14.3. The summed E-state index contributed by atoms with van der Waals surface area (Å²) in [5.41, 5.74) is 3.70. The summed E-state index contributed by atoms with van der Waals surface area (Å²) >= 11 is 0. The number of hydrogen-bond donors (Lipinski definition) is 1. The zero-order chi connectivity index (χ0) is 15.5. The fraction of sp³-hybridized carbons (Fsp3) is 0.222. The van der Waals surface area contributed by atoms with Crippen LogP contribution < -0.4 is 5.32 Å². The summed E-state index contributed by atoms with van der Waals surface area (Å²) < 4.78 is 1.99. The van der Waals surface area contributed by atoms with Gasteiger partial charge in [0.15, 0.2) is 0 Å². The minimum Gasteiger partial charge on any atom is -0.326 e. The Hall–Kier alpha value is -2.62. The number of nitrogens with zero attached hydrogens (tertiary/aromatic N) is 2. The van der Waals surface area contributed by atoms with Gasteiger partial charge in [0.1, 0.15) is 5.65 Å². The van der Waals surface area contributed by atoms with Crippen LogP contribution in [0, 0.1) is 5.92 Å². The zero-order valence-electron chi connectivity index (χ0n) is 12.8. The van der Waals surface area contributed by atoms with E-state index in [4.69, 9.17) is 0 Å². The standard InChI is InChI=1S/C18H19N3O/c1-13(2)11-18(22)19-15-8-6-14(7-9-15)16-12-21-10-4-3-5-17(21)20-16/h3-10,12-13H,11H2,1-2H3,(H,19,22). The van der Waals surface area contributed by atoms with Crippen LogP contribution in [0.5, 0.6) is 0 Å². The van der Waals surface area contributed by atoms with Gasteiger partial charge in [-0.1, -0.05) is 32.0 Å². The minimum atomic E-state index is 0.0514. The lowest BCUT2D eigenvalue weighted by molar-refractivity contribution is -0.116. The van der Waals surface area contributed by atoms with Crippen molar-refractivity contribution in [1.29, 1.82) is 0 Å². The van der Waals surface area contributed by atoms with Crippen LogP contribution in [-0.2, 0) is 4.79 Å². The normalized spacial score (nSPS) is 11.0. The van der Waals surface area contributed by atoms with E-state index < -0.39 is 0 Å². The van der Waals surface area contributed by atoms with Crippen molar-refractivity contribution < 1.29 is 4.79 Å². The molecule has 4 heteroatoms. The molecule has 112 valence electrons. The molecule has 22 heavy (non-hydrogen) atoms. The van der Waals surface area contributed by atoms with E-state index in [1.807, 2.05) is 73.1 Å². The van der Waals surface area contributed by atoms with E-state index in [0.717, 1.165) is 22.6 Å². The van der Waals surface area contributed by atoms with Crippen molar-refractivity contribution in [2.24, 2.45) is 5.92 Å². The van der Waals surface area contributed by atoms with Crippen LogP contribution in [0.3, 0.4) is 0 Å². The number of fused-ring (bicyclic) bond motifs is 1. The minimum absolute atomic E-state index is 0.0514. The molecule has 0 saturated carbocycles. The maximum Gasteiger partial charge on any atom is 0.224 e. The molecule has 0 saturated heterocycles. The van der Waals surface area contributed by atoms with Crippen LogP contribution in [0.4, 0.5) is 5.69 Å². The van der Waals surface area contributed by atoms with Gasteiger partial charge in [-0.15, -0.1) is 0 Å². The molecule has 1 N–H and O–H groups in total. The van der Waals surface area contributed by atoms with Crippen LogP contribution >= 0.6 is 0 Å². The molecular weight excluding hydrogens is 274 g/mol. The molecule has 2 aromatic heterocycles. The molecule has 3 rings (SSSR count). The summed E-state index contributed by atoms with van der Waals surface area (Å²) in [5, 5.41) is 2.91. The van der Waals surface area contributed by atoms with Crippen molar-refractivity contribution in [3.8, 4) is 11.3 Å². The molecule has 0 atom stereocenters. The van der Waals surface area contributed by atoms with E-state index in [9.17, 15) is 4.79 Å². The number of carbonyl (C=O) groups excluding carboxylic acids is 1. The number of anilines is 1. The molecule has 0 spiro atoms. The Morgan fingerprint density at radius 3 is 2.64 bits per heavy atom. The smallest absolute Gasteiger partial charge is 0.224 e. The number of aromatic nitrogens is 2. The average molecular weight is 293 g/mol. The molecular formula is C18H19N3O. The zero-order valence-corrected chi connectivity index (χ0v) is 12.8. The molecule has 1 aromatic carbocycles. The monoisotopic (exact) mass is 293 g/mol. The van der Waals surface area contributed by atoms with Gasteiger partial charge in [0.25, 0.3) is 0 Å². The van der Waals surface area contributed by atoms with E-state index in [0.29, 0.717) is 12.3 Å². The topological polar surface area (TPSA) is 46.4 Å². The van der Waals surface area contributed by atoms with Crippen LogP contribution in [0.1, 0.15) is 20.3 Å². The number of rotatable bonds is 4. The Kier molecular flexibility index (Phi) is 3.92. The van der Waals surface area contributed by atoms with Gasteiger partial charge < -0.3 is 9.72 Å². The number of imidazole rings is 1. The predicted molar refractivity (Wildman–Crippen MR) is 88.7 cm³/mol. The van der Waals surface area contributed by atoms with Crippen molar-refractivity contribution in [2.45, 2.75) is 20.3 Å². The molecule has 0 aliphatic heterocycles. The van der Waals surface area contributed by atoms with Crippen molar-refractivity contribution in [2.75, 3.05) is 5.32 Å². The van der Waals surface area contributed by atoms with E-state index >= 15 is 0 Å². The first-order valence-electron chi connectivity index (χ1n) is 7.46. The summed E-state index contributed by atoms with van der Waals surface area (Å²) in [6, 6.07) is 13.7. The van der Waals surface area contributed by atoms with E-state index in [2.05, 4.69) is 10.3 Å². The summed E-state index contributed by atoms with van der Waals surface area (Å²) in [4.78, 5) is 16.4. The van der Waals surface area contributed by atoms with Crippen LogP contribution in [0.2, 0.25) is 0 Å². The highest BCUT2D eigenvalue weighted by Crippen LogP contribution is 2.21. The Morgan fingerprint density at radius 2 is 1.95 bits per heavy atom. The Balaban J connectivity index is 1.77. The second-order valence-electron chi connectivity index (χ2n) is 5.82. The molecule has 2 heterocycles. The van der Waals surface area contributed by atoms with E-state index in [-0.39, 0.29) is 5.91 Å². The molecule has 4 nitrogen and oxygen atoms in total. The number of hydrogen-bond acceptors (Lipinski definition) is 2. The maximum absolute atomic E-state index is 11.8. The van der Waals surface area contributed by atoms with Gasteiger partial charge in [0.2, 0.25) is 5.91 Å². The SMILES string of the molecule is CC(C)CC(=O)Nc1ccc(-c2cn3ccccc3n2)cc1. The molecule has 1 amide bonds. The van der Waals surface area contributed by atoms with Crippen molar-refractivity contribution in [3.05, 3.63) is 54.9 Å². The lowest BCUT2D eigenvalue weighted by Crippen LogP contribution is -2.13. The van der Waals surface area contributed by atoms with Crippen LogP contribution in [0.15, 0.2) is 54.9 Å². The van der Waals surface area contributed by atoms with E-state index in [1.165, 1.54) is 0 Å². The second-order valence-corrected chi connectivity index (χ2v) is 5.82. The largest absolute Gasteiger partial charge is 0.326 e. The third-order valence-corrected chi connectivity index (χ3v) is 3.42. The van der Waals surface area contributed by atoms with Gasteiger partial charge in [-0.2, -0.15) is 0 Å². The van der Waals surface area contributed by atoms with Crippen LogP contribution in [0.25, 0.3) is 16.9 Å². The number of nitrogens with one attached hydrogen (secondary N) is 1. The van der Waals surface area contributed by atoms with E-state index in [1.54, 1.807) is 0 Å². The highest BCUT2D eigenvalue weighted by molar-refractivity contribution is 5.91. The summed E-state index contributed by atoms with van der Waals surface area (Å²) in [6.07, 6.45) is 4.52. The first-order valence-corrected chi connectivity index (χ1v) is 7.46. The third kappa shape index (κ3) is 3.17. The Morgan fingerprint density at radius 1 is 1.18 bits per heavy atom. The lowest BCUT2D eigenvalue weighted by Gasteiger charge is -2.07. The molecule has 3 aromatic rings. The van der Waals surface area contributed by atoms with Gasteiger partial charge in [0, 0.05) is 30.1 Å². The van der Waals surface area contributed by atoms with Crippen molar-refractivity contribution in [1.82, 2.24) is 9.38 Å². The van der Waals surface area contributed by atoms with Gasteiger partial charge in [-0.05, 0) is 30.2 Å². The predicted octanol–water partition coefficient (Wildman–Crippen LogP) is 3.99. The average Bonchev–Trinajstić information content (AvgIpc) is 2.91.